The van der Waals surface area contributed by atoms with E-state index in [2.05, 4.69) is 10.2 Å². The van der Waals surface area contributed by atoms with Gasteiger partial charge in [0.15, 0.2) is 8.29 Å². The Bertz CT molecular complexity index is 774. The van der Waals surface area contributed by atoms with Crippen LogP contribution in [0.25, 0.3) is 0 Å². The van der Waals surface area contributed by atoms with E-state index in [1.165, 1.54) is 23.1 Å². The maximum absolute atomic E-state index is 12.3. The molecule has 0 fully saturated rings. The maximum atomic E-state index is 12.3. The van der Waals surface area contributed by atoms with E-state index in [1.54, 1.807) is 6.07 Å². The lowest BCUT2D eigenvalue weighted by atomic mass is 10.00. The van der Waals surface area contributed by atoms with Gasteiger partial charge >= 0.3 is 0 Å². The molecule has 0 saturated carbocycles. The molecular weight excluding hydrogens is 381 g/mol. The van der Waals surface area contributed by atoms with Crippen molar-refractivity contribution in [3.8, 4) is 0 Å². The normalized spacial score (nSPS) is 14.0. The molecule has 3 rings (SSSR count). The first kappa shape index (κ1) is 16.3. The van der Waals surface area contributed by atoms with Crippen molar-refractivity contribution in [2.75, 3.05) is 12.3 Å². The van der Waals surface area contributed by atoms with Crippen LogP contribution in [0.5, 0.6) is 0 Å². The van der Waals surface area contributed by atoms with Crippen molar-refractivity contribution < 1.29 is 4.79 Å². The van der Waals surface area contributed by atoms with Crippen molar-refractivity contribution in [2.24, 2.45) is 0 Å². The molecular formula is C13H11Cl2N3OS3. The molecule has 0 unspecified atom stereocenters. The summed E-state index contributed by atoms with van der Waals surface area (Å²) in [6.07, 6.45) is 0.753. The minimum absolute atomic E-state index is 0.0767. The molecule has 0 atom stereocenters. The number of thioether (sulfide) groups is 1. The number of nitrogens with one attached hydrogen (secondary N) is 1. The highest BCUT2D eigenvalue weighted by atomic mass is 35.5. The summed E-state index contributed by atoms with van der Waals surface area (Å²) in [6.45, 7) is 1.22. The monoisotopic (exact) mass is 391 g/mol. The number of benzene rings is 1. The minimum Gasteiger partial charge on any atom is -0.337 e. The molecule has 0 bridgehead atoms. The van der Waals surface area contributed by atoms with E-state index in [0.29, 0.717) is 32.8 Å². The molecule has 4 nitrogen and oxygen atoms in total. The van der Waals surface area contributed by atoms with Crippen LogP contribution in [0, 0.1) is 3.95 Å². The Morgan fingerprint density at radius 1 is 1.50 bits per heavy atom. The number of halogens is 2. The van der Waals surface area contributed by atoms with Crippen LogP contribution >= 0.6 is 58.5 Å². The molecule has 0 aliphatic carbocycles. The number of H-pyrrole nitrogens is 1. The molecule has 1 amide bonds. The molecule has 2 aromatic rings. The lowest BCUT2D eigenvalue weighted by molar-refractivity contribution is -0.129. The van der Waals surface area contributed by atoms with Gasteiger partial charge in [0.25, 0.3) is 0 Å². The number of hydrogen-bond donors (Lipinski definition) is 1. The van der Waals surface area contributed by atoms with E-state index in [1.807, 2.05) is 11.0 Å². The number of carbonyl (C=O) groups excluding carboxylic acids is 1. The number of fused-ring (bicyclic) bond motifs is 1. The fraction of sp³-hybridized carbons (Fsp3) is 0.308. The van der Waals surface area contributed by atoms with Crippen LogP contribution in [0.1, 0.15) is 11.1 Å². The summed E-state index contributed by atoms with van der Waals surface area (Å²) >= 11 is 20.0. The highest BCUT2D eigenvalue weighted by molar-refractivity contribution is 8.01. The zero-order chi connectivity index (χ0) is 15.7. The summed E-state index contributed by atoms with van der Waals surface area (Å²) in [6, 6.07) is 3.63. The number of hydrogen-bond acceptors (Lipinski definition) is 5. The first-order valence-electron chi connectivity index (χ1n) is 6.46. The largest absolute Gasteiger partial charge is 0.337 e. The lowest BCUT2D eigenvalue weighted by Gasteiger charge is -2.29. The van der Waals surface area contributed by atoms with Crippen molar-refractivity contribution in [3.05, 3.63) is 37.3 Å². The van der Waals surface area contributed by atoms with Crippen LogP contribution < -0.4 is 0 Å². The molecule has 9 heteroatoms. The number of rotatable bonds is 3. The third-order valence-corrected chi connectivity index (χ3v) is 6.11. The number of nitrogens with zero attached hydrogens (tertiary/aromatic N) is 2. The second kappa shape index (κ2) is 6.88. The fourth-order valence-electron chi connectivity index (χ4n) is 2.31. The zero-order valence-electron chi connectivity index (χ0n) is 11.3. The highest BCUT2D eigenvalue weighted by Gasteiger charge is 2.23. The lowest BCUT2D eigenvalue weighted by Crippen LogP contribution is -2.37. The quantitative estimate of drug-likeness (QED) is 0.629. The second-order valence-electron chi connectivity index (χ2n) is 4.76. The maximum Gasteiger partial charge on any atom is 0.233 e. The summed E-state index contributed by atoms with van der Waals surface area (Å²) in [7, 11) is 0. The molecule has 2 heterocycles. The molecule has 1 aromatic heterocycles. The number of carbonyl (C=O) groups is 1. The Labute approximate surface area is 150 Å². The predicted octanol–water partition coefficient (Wildman–Crippen LogP) is 4.18. The van der Waals surface area contributed by atoms with Crippen molar-refractivity contribution >= 4 is 64.4 Å². The standard InChI is InChI=1S/C13H11Cl2N3OS3/c14-8-3-7-5-18(2-1-9(7)10(15)4-8)11(19)6-21-13-17-16-12(20)22-13/h3-4H,1-2,5-6H2,(H,16,20). The highest BCUT2D eigenvalue weighted by Crippen LogP contribution is 2.30. The van der Waals surface area contributed by atoms with Gasteiger partial charge in [-0.1, -0.05) is 46.3 Å². The van der Waals surface area contributed by atoms with Gasteiger partial charge in [-0.2, -0.15) is 5.10 Å². The topological polar surface area (TPSA) is 49.0 Å². The van der Waals surface area contributed by atoms with Gasteiger partial charge in [-0.05, 0) is 41.9 Å². The summed E-state index contributed by atoms with van der Waals surface area (Å²) in [5.41, 5.74) is 2.12. The van der Waals surface area contributed by atoms with Crippen molar-refractivity contribution in [1.29, 1.82) is 0 Å². The van der Waals surface area contributed by atoms with Crippen LogP contribution in [0.2, 0.25) is 10.0 Å². The Morgan fingerprint density at radius 3 is 3.05 bits per heavy atom. The third kappa shape index (κ3) is 3.65. The van der Waals surface area contributed by atoms with Crippen LogP contribution in [-0.2, 0) is 17.8 Å². The van der Waals surface area contributed by atoms with E-state index in [-0.39, 0.29) is 5.91 Å². The Balaban J connectivity index is 1.66. The van der Waals surface area contributed by atoms with Gasteiger partial charge in [0.1, 0.15) is 0 Å². The van der Waals surface area contributed by atoms with Gasteiger partial charge in [-0.25, -0.2) is 0 Å². The van der Waals surface area contributed by atoms with E-state index in [4.69, 9.17) is 35.4 Å². The average Bonchev–Trinajstić information content (AvgIpc) is 2.89. The van der Waals surface area contributed by atoms with Gasteiger partial charge in [-0.3, -0.25) is 9.89 Å². The molecule has 22 heavy (non-hydrogen) atoms. The summed E-state index contributed by atoms with van der Waals surface area (Å²) in [5, 5.41) is 8.03. The Morgan fingerprint density at radius 2 is 2.32 bits per heavy atom. The Hall–Kier alpha value is -0.600. The molecule has 1 aliphatic heterocycles. The summed E-state index contributed by atoms with van der Waals surface area (Å²) < 4.78 is 1.40. The van der Waals surface area contributed by atoms with E-state index in [0.717, 1.165) is 21.9 Å². The fourth-order valence-corrected chi connectivity index (χ4v) is 4.93. The Kier molecular flexibility index (Phi) is 5.09. The van der Waals surface area contributed by atoms with Gasteiger partial charge < -0.3 is 4.90 Å². The number of aromatic amines is 1. The van der Waals surface area contributed by atoms with Crippen molar-refractivity contribution in [2.45, 2.75) is 17.3 Å². The molecule has 1 aliphatic rings. The molecule has 0 radical (unpaired) electrons. The van der Waals surface area contributed by atoms with Crippen LogP contribution in [0.4, 0.5) is 0 Å². The third-order valence-electron chi connectivity index (χ3n) is 3.34. The first-order chi connectivity index (χ1) is 10.5. The molecule has 1 aromatic carbocycles. The van der Waals surface area contributed by atoms with Crippen LogP contribution in [0.15, 0.2) is 16.5 Å². The summed E-state index contributed by atoms with van der Waals surface area (Å²) in [4.78, 5) is 14.2. The van der Waals surface area contributed by atoms with Gasteiger partial charge in [0.05, 0.1) is 5.75 Å². The van der Waals surface area contributed by atoms with Gasteiger partial charge in [0, 0.05) is 23.1 Å². The molecule has 0 saturated heterocycles. The SMILES string of the molecule is O=C(CSc1n[nH]c(=S)s1)N1CCc2c(Cl)cc(Cl)cc2C1. The first-order valence-corrected chi connectivity index (χ1v) is 9.42. The number of aromatic nitrogens is 2. The van der Waals surface area contributed by atoms with Crippen LogP contribution in [-0.4, -0.2) is 33.3 Å². The summed E-state index contributed by atoms with van der Waals surface area (Å²) in [5.74, 6) is 0.424. The molecule has 116 valence electrons. The van der Waals surface area contributed by atoms with Gasteiger partial charge in [0.2, 0.25) is 5.91 Å². The number of amides is 1. The zero-order valence-corrected chi connectivity index (χ0v) is 15.2. The predicted molar refractivity (Wildman–Crippen MR) is 93.6 cm³/mol. The van der Waals surface area contributed by atoms with E-state index >= 15 is 0 Å². The van der Waals surface area contributed by atoms with E-state index in [9.17, 15) is 4.79 Å². The second-order valence-corrected chi connectivity index (χ2v) is 8.49. The van der Waals surface area contributed by atoms with Crippen LogP contribution in [0.3, 0.4) is 0 Å². The minimum atomic E-state index is 0.0767. The average molecular weight is 392 g/mol. The molecule has 0 spiro atoms. The smallest absolute Gasteiger partial charge is 0.233 e. The van der Waals surface area contributed by atoms with Crippen molar-refractivity contribution in [3.63, 3.8) is 0 Å². The van der Waals surface area contributed by atoms with Gasteiger partial charge in [-0.15, -0.1) is 0 Å². The molecule has 1 N–H and O–H groups in total. The van der Waals surface area contributed by atoms with Crippen molar-refractivity contribution in [1.82, 2.24) is 15.1 Å². The van der Waals surface area contributed by atoms with E-state index < -0.39 is 0 Å².